The van der Waals surface area contributed by atoms with Gasteiger partial charge < -0.3 is 5.32 Å². The Bertz CT molecular complexity index is 354. The fraction of sp³-hybridized carbons (Fsp3) is 0.333. The van der Waals surface area contributed by atoms with E-state index in [1.54, 1.807) is 6.07 Å². The minimum Gasteiger partial charge on any atom is -0.314 e. The van der Waals surface area contributed by atoms with Crippen molar-refractivity contribution in [1.82, 2.24) is 5.32 Å². The van der Waals surface area contributed by atoms with Crippen molar-refractivity contribution in [2.24, 2.45) is 0 Å². The van der Waals surface area contributed by atoms with Gasteiger partial charge in [0.15, 0.2) is 0 Å². The van der Waals surface area contributed by atoms with E-state index in [9.17, 15) is 4.39 Å². The van der Waals surface area contributed by atoms with E-state index in [0.717, 1.165) is 11.1 Å². The first-order valence-electron chi connectivity index (χ1n) is 4.84. The molecule has 0 aromatic heterocycles. The molecule has 1 rings (SSSR count). The van der Waals surface area contributed by atoms with Crippen LogP contribution in [0.2, 0.25) is 5.02 Å². The van der Waals surface area contributed by atoms with E-state index in [1.807, 2.05) is 27.0 Å². The molecule has 1 unspecified atom stereocenters. The van der Waals surface area contributed by atoms with Crippen LogP contribution in [0.15, 0.2) is 23.8 Å². The minimum atomic E-state index is -0.307. The number of rotatable bonds is 3. The molecule has 0 radical (unpaired) electrons. The van der Waals surface area contributed by atoms with Crippen LogP contribution in [-0.2, 0) is 0 Å². The van der Waals surface area contributed by atoms with Crippen LogP contribution in [0.25, 0.3) is 6.08 Å². The van der Waals surface area contributed by atoms with Crippen LogP contribution in [-0.4, -0.2) is 13.1 Å². The first-order valence-corrected chi connectivity index (χ1v) is 5.22. The summed E-state index contributed by atoms with van der Waals surface area (Å²) in [5, 5.41) is 3.54. The molecule has 0 aliphatic carbocycles. The maximum Gasteiger partial charge on any atom is 0.125 e. The van der Waals surface area contributed by atoms with Crippen molar-refractivity contribution in [3.63, 3.8) is 0 Å². The van der Waals surface area contributed by atoms with Gasteiger partial charge in [0.1, 0.15) is 5.82 Å². The number of benzene rings is 1. The summed E-state index contributed by atoms with van der Waals surface area (Å²) >= 11 is 5.76. The fourth-order valence-electron chi connectivity index (χ4n) is 1.27. The molecule has 0 fully saturated rings. The maximum atomic E-state index is 13.0. The number of hydrogen-bond donors (Lipinski definition) is 1. The van der Waals surface area contributed by atoms with Gasteiger partial charge in [-0.2, -0.15) is 0 Å². The Labute approximate surface area is 95.0 Å². The van der Waals surface area contributed by atoms with Crippen LogP contribution in [0.5, 0.6) is 0 Å². The Kier molecular flexibility index (Phi) is 4.30. The quantitative estimate of drug-likeness (QED) is 0.834. The van der Waals surface area contributed by atoms with E-state index < -0.39 is 0 Å². The van der Waals surface area contributed by atoms with Gasteiger partial charge in [-0.25, -0.2) is 4.39 Å². The van der Waals surface area contributed by atoms with Gasteiger partial charge in [-0.15, -0.1) is 0 Å². The van der Waals surface area contributed by atoms with Gasteiger partial charge >= 0.3 is 0 Å². The topological polar surface area (TPSA) is 12.0 Å². The van der Waals surface area contributed by atoms with Crippen LogP contribution in [0, 0.1) is 5.82 Å². The molecular formula is C12H15ClFN. The molecule has 82 valence electrons. The summed E-state index contributed by atoms with van der Waals surface area (Å²) in [7, 11) is 1.89. The molecule has 1 nitrogen and oxygen atoms in total. The van der Waals surface area contributed by atoms with E-state index in [0.29, 0.717) is 5.02 Å². The second-order valence-electron chi connectivity index (χ2n) is 3.60. The largest absolute Gasteiger partial charge is 0.314 e. The molecule has 0 heterocycles. The zero-order chi connectivity index (χ0) is 11.4. The molecule has 0 aliphatic heterocycles. The lowest BCUT2D eigenvalue weighted by atomic mass is 10.1. The van der Waals surface area contributed by atoms with Gasteiger partial charge in [-0.3, -0.25) is 0 Å². The highest BCUT2D eigenvalue weighted by atomic mass is 35.5. The minimum absolute atomic E-state index is 0.270. The van der Waals surface area contributed by atoms with Crippen LogP contribution in [0.1, 0.15) is 19.4 Å². The molecule has 3 heteroatoms. The Morgan fingerprint density at radius 3 is 2.67 bits per heavy atom. The van der Waals surface area contributed by atoms with Crippen molar-refractivity contribution in [2.45, 2.75) is 19.9 Å². The summed E-state index contributed by atoms with van der Waals surface area (Å²) in [6.45, 7) is 4.05. The van der Waals surface area contributed by atoms with Gasteiger partial charge in [-0.05, 0) is 44.7 Å². The number of halogens is 2. The third-order valence-electron chi connectivity index (χ3n) is 2.40. The zero-order valence-electron chi connectivity index (χ0n) is 9.14. The normalized spacial score (nSPS) is 14.1. The lowest BCUT2D eigenvalue weighted by Crippen LogP contribution is -2.21. The van der Waals surface area contributed by atoms with E-state index in [-0.39, 0.29) is 11.9 Å². The highest BCUT2D eigenvalue weighted by molar-refractivity contribution is 6.30. The lowest BCUT2D eigenvalue weighted by molar-refractivity contribution is 0.627. The zero-order valence-corrected chi connectivity index (χ0v) is 9.90. The standard InChI is InChI=1S/C12H15ClFN/c1-8(9(2)15-3)4-10-5-11(13)7-12(14)6-10/h4-7,9,15H,1-3H3/b8-4+. The van der Waals surface area contributed by atoms with Crippen LogP contribution < -0.4 is 5.32 Å². The molecule has 0 spiro atoms. The average molecular weight is 228 g/mol. The van der Waals surface area contributed by atoms with E-state index in [1.165, 1.54) is 12.1 Å². The smallest absolute Gasteiger partial charge is 0.125 e. The predicted octanol–water partition coefficient (Wildman–Crippen LogP) is 3.49. The van der Waals surface area contributed by atoms with Crippen LogP contribution in [0.3, 0.4) is 0 Å². The summed E-state index contributed by atoms with van der Waals surface area (Å²) in [5.41, 5.74) is 1.93. The molecule has 1 aromatic carbocycles. The fourth-order valence-corrected chi connectivity index (χ4v) is 1.50. The number of nitrogens with one attached hydrogen (secondary N) is 1. The third kappa shape index (κ3) is 3.65. The van der Waals surface area contributed by atoms with Gasteiger partial charge in [0.2, 0.25) is 0 Å². The summed E-state index contributed by atoms with van der Waals surface area (Å²) < 4.78 is 13.0. The van der Waals surface area contributed by atoms with Gasteiger partial charge in [0.25, 0.3) is 0 Å². The predicted molar refractivity (Wildman–Crippen MR) is 63.6 cm³/mol. The SMILES string of the molecule is CNC(C)/C(C)=C/c1cc(F)cc(Cl)c1. The Hall–Kier alpha value is -0.860. The molecule has 1 N–H and O–H groups in total. The summed E-state index contributed by atoms with van der Waals surface area (Å²) in [6.07, 6.45) is 1.93. The highest BCUT2D eigenvalue weighted by Gasteiger charge is 2.02. The highest BCUT2D eigenvalue weighted by Crippen LogP contribution is 2.17. The molecule has 1 atom stereocenters. The van der Waals surface area contributed by atoms with Crippen molar-refractivity contribution in [3.8, 4) is 0 Å². The second-order valence-corrected chi connectivity index (χ2v) is 4.04. The van der Waals surface area contributed by atoms with Crippen LogP contribution in [0.4, 0.5) is 4.39 Å². The second kappa shape index (κ2) is 5.29. The first kappa shape index (κ1) is 12.2. The van der Waals surface area contributed by atoms with E-state index >= 15 is 0 Å². The Balaban J connectivity index is 2.97. The third-order valence-corrected chi connectivity index (χ3v) is 2.61. The molecule has 1 aromatic rings. The van der Waals surface area contributed by atoms with E-state index in [2.05, 4.69) is 5.32 Å². The van der Waals surface area contributed by atoms with Gasteiger partial charge in [0.05, 0.1) is 0 Å². The van der Waals surface area contributed by atoms with E-state index in [4.69, 9.17) is 11.6 Å². The summed E-state index contributed by atoms with van der Waals surface area (Å²) in [4.78, 5) is 0. The molecule has 0 bridgehead atoms. The first-order chi connectivity index (χ1) is 7.02. The Morgan fingerprint density at radius 2 is 2.13 bits per heavy atom. The van der Waals surface area contributed by atoms with Crippen LogP contribution >= 0.6 is 11.6 Å². The maximum absolute atomic E-state index is 13.0. The summed E-state index contributed by atoms with van der Waals surface area (Å²) in [5.74, 6) is -0.307. The van der Waals surface area contributed by atoms with Crippen molar-refractivity contribution in [3.05, 3.63) is 40.2 Å². The monoisotopic (exact) mass is 227 g/mol. The molecule has 0 saturated carbocycles. The van der Waals surface area contributed by atoms with Crippen molar-refractivity contribution >= 4 is 17.7 Å². The van der Waals surface area contributed by atoms with Crippen molar-refractivity contribution in [2.75, 3.05) is 7.05 Å². The summed E-state index contributed by atoms with van der Waals surface area (Å²) in [6, 6.07) is 4.79. The molecular weight excluding hydrogens is 213 g/mol. The molecule has 15 heavy (non-hydrogen) atoms. The molecule has 0 aliphatic rings. The molecule has 0 amide bonds. The van der Waals surface area contributed by atoms with Gasteiger partial charge in [0, 0.05) is 11.1 Å². The average Bonchev–Trinajstić information content (AvgIpc) is 2.14. The number of hydrogen-bond acceptors (Lipinski definition) is 1. The Morgan fingerprint density at radius 1 is 1.47 bits per heavy atom. The lowest BCUT2D eigenvalue weighted by Gasteiger charge is -2.10. The van der Waals surface area contributed by atoms with Crippen molar-refractivity contribution < 1.29 is 4.39 Å². The van der Waals surface area contributed by atoms with Gasteiger partial charge in [-0.1, -0.05) is 23.3 Å². The van der Waals surface area contributed by atoms with Crippen molar-refractivity contribution in [1.29, 1.82) is 0 Å². The number of likely N-dealkylation sites (N-methyl/N-ethyl adjacent to an activating group) is 1. The molecule has 0 saturated heterocycles.